The quantitative estimate of drug-likeness (QED) is 0.448. The highest BCUT2D eigenvalue weighted by atomic mass is 16.5. The fourth-order valence-electron chi connectivity index (χ4n) is 0.910. The summed E-state index contributed by atoms with van der Waals surface area (Å²) in [4.78, 5) is 10.7. The maximum absolute atomic E-state index is 10.7. The third-order valence-electron chi connectivity index (χ3n) is 1.80. The maximum atomic E-state index is 10.7. The van der Waals surface area contributed by atoms with E-state index in [1.807, 2.05) is 0 Å². The molecule has 0 bridgehead atoms. The van der Waals surface area contributed by atoms with E-state index in [0.717, 1.165) is 26.0 Å². The Kier molecular flexibility index (Phi) is 10.0. The molecule has 0 aromatic rings. The van der Waals surface area contributed by atoms with E-state index >= 15 is 0 Å². The first-order valence-corrected chi connectivity index (χ1v) is 5.16. The number of carbonyl (C=O) groups is 1. The lowest BCUT2D eigenvalue weighted by molar-refractivity contribution is -0.140. The number of ether oxygens (including phenoxy) is 2. The average molecular weight is 203 g/mol. The summed E-state index contributed by atoms with van der Waals surface area (Å²) >= 11 is 0. The molecule has 0 radical (unpaired) electrons. The summed E-state index contributed by atoms with van der Waals surface area (Å²) in [6, 6.07) is 0. The van der Waals surface area contributed by atoms with Gasteiger partial charge in [0.25, 0.3) is 0 Å². The van der Waals surface area contributed by atoms with Crippen molar-refractivity contribution >= 4 is 5.97 Å². The van der Waals surface area contributed by atoms with Crippen LogP contribution in [-0.2, 0) is 14.3 Å². The van der Waals surface area contributed by atoms with Crippen molar-refractivity contribution in [1.29, 1.82) is 0 Å². The molecule has 0 aromatic heterocycles. The van der Waals surface area contributed by atoms with Gasteiger partial charge in [0.15, 0.2) is 0 Å². The molecule has 14 heavy (non-hydrogen) atoms. The fourth-order valence-corrected chi connectivity index (χ4v) is 0.910. The molecular formula is C10H21NO3. The molecule has 0 heterocycles. The largest absolute Gasteiger partial charge is 0.469 e. The Hall–Kier alpha value is -0.610. The van der Waals surface area contributed by atoms with E-state index in [1.54, 1.807) is 0 Å². The van der Waals surface area contributed by atoms with Crippen molar-refractivity contribution in [2.24, 2.45) is 0 Å². The van der Waals surface area contributed by atoms with Crippen LogP contribution in [-0.4, -0.2) is 39.4 Å². The van der Waals surface area contributed by atoms with Crippen LogP contribution < -0.4 is 5.32 Å². The number of rotatable bonds is 9. The number of unbranched alkanes of at least 4 members (excludes halogenated alkanes) is 1. The minimum absolute atomic E-state index is 0.176. The Bertz CT molecular complexity index is 139. The zero-order chi connectivity index (χ0) is 10.6. The van der Waals surface area contributed by atoms with Gasteiger partial charge in [-0.3, -0.25) is 4.79 Å². The minimum atomic E-state index is -0.176. The van der Waals surface area contributed by atoms with E-state index in [2.05, 4.69) is 17.0 Å². The van der Waals surface area contributed by atoms with Crippen LogP contribution in [0.25, 0.3) is 0 Å². The fraction of sp³-hybridized carbons (Fsp3) is 0.900. The molecule has 0 atom stereocenters. The maximum Gasteiger partial charge on any atom is 0.306 e. The van der Waals surface area contributed by atoms with E-state index in [-0.39, 0.29) is 5.97 Å². The molecule has 0 aliphatic rings. The average Bonchev–Trinajstić information content (AvgIpc) is 2.21. The highest BCUT2D eigenvalue weighted by Crippen LogP contribution is 1.86. The van der Waals surface area contributed by atoms with Crippen LogP contribution in [0.1, 0.15) is 26.2 Å². The molecule has 1 N–H and O–H groups in total. The Balaban J connectivity index is 2.95. The van der Waals surface area contributed by atoms with Crippen LogP contribution in [0, 0.1) is 0 Å². The third kappa shape index (κ3) is 9.48. The summed E-state index contributed by atoms with van der Waals surface area (Å²) in [5, 5.41) is 3.10. The van der Waals surface area contributed by atoms with Gasteiger partial charge >= 0.3 is 5.97 Å². The molecule has 0 rings (SSSR count). The van der Waals surface area contributed by atoms with Crippen LogP contribution in [0.15, 0.2) is 0 Å². The molecule has 0 amide bonds. The molecule has 0 fully saturated rings. The number of hydrogen-bond donors (Lipinski definition) is 1. The molecule has 0 unspecified atom stereocenters. The van der Waals surface area contributed by atoms with Gasteiger partial charge in [-0.05, 0) is 6.42 Å². The predicted octanol–water partition coefficient (Wildman–Crippen LogP) is 0.956. The predicted molar refractivity (Wildman–Crippen MR) is 55.2 cm³/mol. The Morgan fingerprint density at radius 2 is 2.07 bits per heavy atom. The van der Waals surface area contributed by atoms with Crippen LogP contribution in [0.4, 0.5) is 0 Å². The van der Waals surface area contributed by atoms with Gasteiger partial charge in [-0.15, -0.1) is 0 Å². The van der Waals surface area contributed by atoms with Crippen molar-refractivity contribution in [3.05, 3.63) is 0 Å². The normalized spacial score (nSPS) is 10.1. The van der Waals surface area contributed by atoms with Crippen LogP contribution in [0.2, 0.25) is 0 Å². The number of esters is 1. The van der Waals surface area contributed by atoms with E-state index in [0.29, 0.717) is 19.6 Å². The van der Waals surface area contributed by atoms with E-state index in [9.17, 15) is 4.79 Å². The van der Waals surface area contributed by atoms with Crippen LogP contribution >= 0.6 is 0 Å². The van der Waals surface area contributed by atoms with Gasteiger partial charge in [-0.1, -0.05) is 13.3 Å². The smallest absolute Gasteiger partial charge is 0.306 e. The standard InChI is InChI=1S/C10H21NO3/c1-3-4-8-14-9-7-11-6-5-10(12)13-2/h11H,3-9H2,1-2H3. The molecule has 0 saturated carbocycles. The van der Waals surface area contributed by atoms with Gasteiger partial charge in [0.05, 0.1) is 20.1 Å². The van der Waals surface area contributed by atoms with Crippen molar-refractivity contribution in [2.45, 2.75) is 26.2 Å². The number of carbonyl (C=O) groups excluding carboxylic acids is 1. The minimum Gasteiger partial charge on any atom is -0.469 e. The first-order valence-electron chi connectivity index (χ1n) is 5.16. The second-order valence-electron chi connectivity index (χ2n) is 3.04. The zero-order valence-electron chi connectivity index (χ0n) is 9.17. The lowest BCUT2D eigenvalue weighted by Gasteiger charge is -2.04. The molecule has 0 spiro atoms. The number of hydrogen-bond acceptors (Lipinski definition) is 4. The van der Waals surface area contributed by atoms with E-state index < -0.39 is 0 Å². The highest BCUT2D eigenvalue weighted by Gasteiger charge is 1.97. The first kappa shape index (κ1) is 13.4. The summed E-state index contributed by atoms with van der Waals surface area (Å²) in [7, 11) is 1.40. The molecule has 0 saturated heterocycles. The van der Waals surface area contributed by atoms with Crippen LogP contribution in [0.3, 0.4) is 0 Å². The second-order valence-corrected chi connectivity index (χ2v) is 3.04. The summed E-state index contributed by atoms with van der Waals surface area (Å²) in [5.41, 5.74) is 0. The lowest BCUT2D eigenvalue weighted by atomic mass is 10.4. The highest BCUT2D eigenvalue weighted by molar-refractivity contribution is 5.69. The molecule has 0 aromatic carbocycles. The molecule has 4 nitrogen and oxygen atoms in total. The summed E-state index contributed by atoms with van der Waals surface area (Å²) < 4.78 is 9.83. The topological polar surface area (TPSA) is 47.6 Å². The third-order valence-corrected chi connectivity index (χ3v) is 1.80. The van der Waals surface area contributed by atoms with Gasteiger partial charge in [-0.25, -0.2) is 0 Å². The first-order chi connectivity index (χ1) is 6.81. The summed E-state index contributed by atoms with van der Waals surface area (Å²) in [5.74, 6) is -0.176. The van der Waals surface area contributed by atoms with Gasteiger partial charge in [-0.2, -0.15) is 0 Å². The summed E-state index contributed by atoms with van der Waals surface area (Å²) in [6.45, 7) is 5.12. The van der Waals surface area contributed by atoms with Crippen molar-refractivity contribution in [2.75, 3.05) is 33.4 Å². The van der Waals surface area contributed by atoms with E-state index in [1.165, 1.54) is 7.11 Å². The zero-order valence-corrected chi connectivity index (χ0v) is 9.17. The molecule has 84 valence electrons. The number of nitrogens with one attached hydrogen (secondary N) is 1. The van der Waals surface area contributed by atoms with Crippen LogP contribution in [0.5, 0.6) is 0 Å². The molecule has 0 aliphatic heterocycles. The molecular weight excluding hydrogens is 182 g/mol. The lowest BCUT2D eigenvalue weighted by Crippen LogP contribution is -2.23. The van der Waals surface area contributed by atoms with Crippen molar-refractivity contribution in [3.8, 4) is 0 Å². The monoisotopic (exact) mass is 203 g/mol. The second kappa shape index (κ2) is 10.5. The van der Waals surface area contributed by atoms with Gasteiger partial charge in [0.2, 0.25) is 0 Å². The van der Waals surface area contributed by atoms with Gasteiger partial charge < -0.3 is 14.8 Å². The van der Waals surface area contributed by atoms with Crippen molar-refractivity contribution < 1.29 is 14.3 Å². The number of methoxy groups -OCH3 is 1. The van der Waals surface area contributed by atoms with Gasteiger partial charge in [0.1, 0.15) is 0 Å². The Morgan fingerprint density at radius 1 is 1.29 bits per heavy atom. The SMILES string of the molecule is CCCCOCCNCCC(=O)OC. The Labute approximate surface area is 86.0 Å². The van der Waals surface area contributed by atoms with Crippen molar-refractivity contribution in [3.63, 3.8) is 0 Å². The molecule has 0 aliphatic carbocycles. The van der Waals surface area contributed by atoms with Gasteiger partial charge in [0, 0.05) is 19.7 Å². The molecule has 4 heteroatoms. The van der Waals surface area contributed by atoms with Crippen molar-refractivity contribution in [1.82, 2.24) is 5.32 Å². The Morgan fingerprint density at radius 3 is 2.71 bits per heavy atom. The summed E-state index contributed by atoms with van der Waals surface area (Å²) in [6.07, 6.45) is 2.70. The van der Waals surface area contributed by atoms with E-state index in [4.69, 9.17) is 4.74 Å².